The lowest BCUT2D eigenvalue weighted by Gasteiger charge is -2.26. The molecule has 0 radical (unpaired) electrons. The van der Waals surface area contributed by atoms with Crippen LogP contribution >= 0.6 is 27.3 Å². The fourth-order valence-corrected chi connectivity index (χ4v) is 5.71. The van der Waals surface area contributed by atoms with Crippen molar-refractivity contribution in [3.8, 4) is 11.5 Å². The third kappa shape index (κ3) is 5.14. The summed E-state index contributed by atoms with van der Waals surface area (Å²) in [6, 6.07) is 8.96. The van der Waals surface area contributed by atoms with E-state index in [0.29, 0.717) is 40.2 Å². The van der Waals surface area contributed by atoms with E-state index in [4.69, 9.17) is 14.5 Å². The lowest BCUT2D eigenvalue weighted by atomic mass is 9.94. The van der Waals surface area contributed by atoms with Gasteiger partial charge in [-0.2, -0.15) is 0 Å². The number of allylic oxidation sites excluding steroid dienone is 1. The van der Waals surface area contributed by atoms with Crippen molar-refractivity contribution in [1.29, 1.82) is 0 Å². The Morgan fingerprint density at radius 2 is 2.08 bits per heavy atom. The Labute approximate surface area is 229 Å². The van der Waals surface area contributed by atoms with Crippen molar-refractivity contribution in [3.05, 3.63) is 93.1 Å². The maximum absolute atomic E-state index is 13.8. The third-order valence-electron chi connectivity index (χ3n) is 5.86. The molecule has 0 fully saturated rings. The zero-order valence-electron chi connectivity index (χ0n) is 20.8. The van der Waals surface area contributed by atoms with Crippen molar-refractivity contribution >= 4 is 45.0 Å². The number of hydrogen-bond donors (Lipinski definition) is 1. The molecular formula is C26H24BrN3O7S. The fourth-order valence-electron chi connectivity index (χ4n) is 4.23. The summed E-state index contributed by atoms with van der Waals surface area (Å²) in [4.78, 5) is 42.8. The quantitative estimate of drug-likeness (QED) is 0.234. The number of nitro groups is 1. The standard InChI is InChI=1S/C26H24BrN3O7S/c1-4-7-18-21(25(33)37-5-2)22(15-8-6-9-16(13-15)36-3)29-24(32)20(38-26(29)28-18)12-14-10-17(27)23(31)19(11-14)30(34)35/h6,8-13,22,31H,4-5,7H2,1-3H3/b20-12-/t22-/m0/s1. The largest absolute Gasteiger partial charge is 0.501 e. The second-order valence-electron chi connectivity index (χ2n) is 8.32. The number of nitro benzene ring substituents is 1. The molecule has 1 aliphatic heterocycles. The Bertz CT molecular complexity index is 1640. The van der Waals surface area contributed by atoms with Crippen LogP contribution in [0.2, 0.25) is 0 Å². The number of hydrogen-bond acceptors (Lipinski definition) is 9. The van der Waals surface area contributed by atoms with E-state index in [0.717, 1.165) is 11.3 Å². The second kappa shape index (κ2) is 11.3. The van der Waals surface area contributed by atoms with Crippen LogP contribution in [-0.2, 0) is 9.53 Å². The molecule has 0 amide bonds. The summed E-state index contributed by atoms with van der Waals surface area (Å²) in [5.41, 5.74) is 0.876. The van der Waals surface area contributed by atoms with Crippen LogP contribution in [0.3, 0.4) is 0 Å². The molecule has 1 N–H and O–H groups in total. The highest BCUT2D eigenvalue weighted by atomic mass is 79.9. The number of nitrogens with zero attached hydrogens (tertiary/aromatic N) is 3. The van der Waals surface area contributed by atoms with Crippen LogP contribution in [0.25, 0.3) is 6.08 Å². The first-order valence-corrected chi connectivity index (χ1v) is 13.3. The Morgan fingerprint density at radius 3 is 2.74 bits per heavy atom. The predicted octanol–water partition coefficient (Wildman–Crippen LogP) is 3.96. The Morgan fingerprint density at radius 1 is 1.32 bits per heavy atom. The number of thiazole rings is 1. The van der Waals surface area contributed by atoms with E-state index in [1.54, 1.807) is 31.2 Å². The van der Waals surface area contributed by atoms with Gasteiger partial charge in [0.2, 0.25) is 5.75 Å². The number of carbonyl (C=O) groups excluding carboxylic acids is 1. The molecule has 0 unspecified atom stereocenters. The van der Waals surface area contributed by atoms with Crippen molar-refractivity contribution in [2.24, 2.45) is 4.99 Å². The van der Waals surface area contributed by atoms with E-state index in [-0.39, 0.29) is 21.2 Å². The van der Waals surface area contributed by atoms with Gasteiger partial charge in [0.15, 0.2) is 4.80 Å². The highest BCUT2D eigenvalue weighted by Crippen LogP contribution is 2.36. The number of phenolic OH excluding ortho intramolecular Hbond substituents is 1. The predicted molar refractivity (Wildman–Crippen MR) is 145 cm³/mol. The van der Waals surface area contributed by atoms with Gasteiger partial charge in [0.1, 0.15) is 5.75 Å². The van der Waals surface area contributed by atoms with E-state index in [1.165, 1.54) is 29.9 Å². The monoisotopic (exact) mass is 601 g/mol. The van der Waals surface area contributed by atoms with Gasteiger partial charge < -0.3 is 14.6 Å². The first kappa shape index (κ1) is 27.3. The highest BCUT2D eigenvalue weighted by Gasteiger charge is 2.34. The van der Waals surface area contributed by atoms with Gasteiger partial charge in [-0.25, -0.2) is 9.79 Å². The molecule has 38 heavy (non-hydrogen) atoms. The van der Waals surface area contributed by atoms with Gasteiger partial charge in [-0.05, 0) is 64.7 Å². The van der Waals surface area contributed by atoms with Crippen molar-refractivity contribution in [2.75, 3.05) is 13.7 Å². The summed E-state index contributed by atoms with van der Waals surface area (Å²) < 4.78 is 12.6. The van der Waals surface area contributed by atoms with Crippen LogP contribution in [-0.4, -0.2) is 34.3 Å². The number of rotatable bonds is 8. The van der Waals surface area contributed by atoms with Gasteiger partial charge in [-0.3, -0.25) is 19.5 Å². The minimum atomic E-state index is -0.815. The van der Waals surface area contributed by atoms with Crippen molar-refractivity contribution in [2.45, 2.75) is 32.7 Å². The minimum Gasteiger partial charge on any atom is -0.501 e. The Balaban J connectivity index is 2.01. The number of methoxy groups -OCH3 is 1. The number of aromatic nitrogens is 1. The number of ether oxygens (including phenoxy) is 2. The molecule has 0 spiro atoms. The Kier molecular flexibility index (Phi) is 8.12. The number of aromatic hydroxyl groups is 1. The van der Waals surface area contributed by atoms with Crippen LogP contribution in [0, 0.1) is 10.1 Å². The lowest BCUT2D eigenvalue weighted by molar-refractivity contribution is -0.386. The molecule has 1 aromatic heterocycles. The SMILES string of the molecule is CCCC1=C(C(=O)OCC)[C@H](c2cccc(OC)c2)n2c(s/c(=C\c3cc(Br)c(O)c([N+](=O)[O-])c3)c2=O)=N1. The molecule has 2 heterocycles. The van der Waals surface area contributed by atoms with E-state index >= 15 is 0 Å². The van der Waals surface area contributed by atoms with Gasteiger partial charge in [0.25, 0.3) is 5.56 Å². The molecule has 0 aliphatic carbocycles. The fraction of sp³-hybridized carbons (Fsp3) is 0.269. The molecule has 2 aromatic carbocycles. The summed E-state index contributed by atoms with van der Waals surface area (Å²) in [7, 11) is 1.53. The molecule has 0 bridgehead atoms. The maximum atomic E-state index is 13.8. The van der Waals surface area contributed by atoms with E-state index in [1.807, 2.05) is 6.92 Å². The third-order valence-corrected chi connectivity index (χ3v) is 7.45. The molecule has 10 nitrogen and oxygen atoms in total. The van der Waals surface area contributed by atoms with E-state index in [9.17, 15) is 24.8 Å². The van der Waals surface area contributed by atoms with Gasteiger partial charge in [0, 0.05) is 6.07 Å². The number of halogens is 1. The van der Waals surface area contributed by atoms with Crippen LogP contribution in [0.1, 0.15) is 43.9 Å². The van der Waals surface area contributed by atoms with Gasteiger partial charge >= 0.3 is 11.7 Å². The van der Waals surface area contributed by atoms with Crippen LogP contribution in [0.4, 0.5) is 5.69 Å². The summed E-state index contributed by atoms with van der Waals surface area (Å²) in [5.74, 6) is -0.502. The molecule has 0 saturated carbocycles. The lowest BCUT2D eigenvalue weighted by Crippen LogP contribution is -2.40. The normalized spacial score (nSPS) is 15.2. The van der Waals surface area contributed by atoms with E-state index < -0.39 is 33.9 Å². The first-order valence-electron chi connectivity index (χ1n) is 11.7. The van der Waals surface area contributed by atoms with Crippen molar-refractivity contribution in [1.82, 2.24) is 4.57 Å². The van der Waals surface area contributed by atoms with Gasteiger partial charge in [0.05, 0.1) is 45.0 Å². The number of carbonyl (C=O) groups is 1. The van der Waals surface area contributed by atoms with Gasteiger partial charge in [-0.15, -0.1) is 0 Å². The number of esters is 1. The maximum Gasteiger partial charge on any atom is 0.338 e. The zero-order chi connectivity index (χ0) is 27.6. The van der Waals surface area contributed by atoms with Crippen LogP contribution in [0.5, 0.6) is 11.5 Å². The second-order valence-corrected chi connectivity index (χ2v) is 10.2. The molecule has 198 valence electrons. The summed E-state index contributed by atoms with van der Waals surface area (Å²) >= 11 is 4.24. The molecule has 0 saturated heterocycles. The molecule has 12 heteroatoms. The van der Waals surface area contributed by atoms with Crippen molar-refractivity contribution in [3.63, 3.8) is 0 Å². The van der Waals surface area contributed by atoms with Crippen molar-refractivity contribution < 1.29 is 24.3 Å². The Hall–Kier alpha value is -3.77. The smallest absolute Gasteiger partial charge is 0.338 e. The summed E-state index contributed by atoms with van der Waals surface area (Å²) in [6.07, 6.45) is 2.71. The first-order chi connectivity index (χ1) is 18.2. The number of fused-ring (bicyclic) bond motifs is 1. The number of benzene rings is 2. The van der Waals surface area contributed by atoms with Crippen LogP contribution < -0.4 is 19.6 Å². The number of phenols is 1. The summed E-state index contributed by atoms with van der Waals surface area (Å²) in [5, 5.41) is 21.4. The summed E-state index contributed by atoms with van der Waals surface area (Å²) in [6.45, 7) is 3.84. The van der Waals surface area contributed by atoms with E-state index in [2.05, 4.69) is 15.9 Å². The van der Waals surface area contributed by atoms with Crippen LogP contribution in [0.15, 0.2) is 61.9 Å². The molecular weight excluding hydrogens is 578 g/mol. The minimum absolute atomic E-state index is 0.120. The molecule has 1 atom stereocenters. The average Bonchev–Trinajstić information content (AvgIpc) is 3.19. The average molecular weight is 602 g/mol. The zero-order valence-corrected chi connectivity index (χ0v) is 23.2. The molecule has 4 rings (SSSR count). The highest BCUT2D eigenvalue weighted by molar-refractivity contribution is 9.10. The topological polar surface area (TPSA) is 133 Å². The van der Waals surface area contributed by atoms with Gasteiger partial charge in [-0.1, -0.05) is 36.8 Å². The molecule has 3 aromatic rings. The molecule has 1 aliphatic rings.